The zero-order valence-corrected chi connectivity index (χ0v) is 24.3. The molecular formula is C30H36ClN3O4S. The number of hydrogen-bond donors (Lipinski definition) is 1. The standard InChI is InChI=1S/C30H36ClN3O4S/c1-34(2)18-9-19-38-27-20-21(14-16-25(27)31)29-24(23-12-7-8-13-28(23)39(3,36)37)15-17-26(33-29)30(35)32-22-10-5-4-6-11-22/h7-8,12-17,20,22H,4-6,9-11,18-19H2,1-3H3,(H,32,35). The Morgan fingerprint density at radius 1 is 1.05 bits per heavy atom. The van der Waals surface area contributed by atoms with E-state index in [1.807, 2.05) is 20.2 Å². The summed E-state index contributed by atoms with van der Waals surface area (Å²) in [5, 5.41) is 3.59. The highest BCUT2D eigenvalue weighted by molar-refractivity contribution is 7.90. The number of amides is 1. The van der Waals surface area contributed by atoms with Gasteiger partial charge in [-0.25, -0.2) is 13.4 Å². The van der Waals surface area contributed by atoms with Crippen molar-refractivity contribution in [3.8, 4) is 28.1 Å². The van der Waals surface area contributed by atoms with Gasteiger partial charge in [-0.2, -0.15) is 0 Å². The molecule has 39 heavy (non-hydrogen) atoms. The van der Waals surface area contributed by atoms with Crippen molar-refractivity contribution in [1.82, 2.24) is 15.2 Å². The highest BCUT2D eigenvalue weighted by atomic mass is 35.5. The molecule has 9 heteroatoms. The number of nitrogens with zero attached hydrogens (tertiary/aromatic N) is 2. The first-order valence-corrected chi connectivity index (χ1v) is 15.6. The van der Waals surface area contributed by atoms with Gasteiger partial charge >= 0.3 is 0 Å². The van der Waals surface area contributed by atoms with Crippen molar-refractivity contribution in [1.29, 1.82) is 0 Å². The molecule has 0 aliphatic heterocycles. The third kappa shape index (κ3) is 7.59. The Morgan fingerprint density at radius 2 is 1.79 bits per heavy atom. The minimum Gasteiger partial charge on any atom is -0.492 e. The van der Waals surface area contributed by atoms with Gasteiger partial charge in [0.15, 0.2) is 9.84 Å². The van der Waals surface area contributed by atoms with Crippen LogP contribution in [0.3, 0.4) is 0 Å². The summed E-state index contributed by atoms with van der Waals surface area (Å²) in [5.41, 5.74) is 2.56. The van der Waals surface area contributed by atoms with Gasteiger partial charge in [0.2, 0.25) is 0 Å². The topological polar surface area (TPSA) is 88.6 Å². The summed E-state index contributed by atoms with van der Waals surface area (Å²) in [6, 6.07) is 15.7. The lowest BCUT2D eigenvalue weighted by Gasteiger charge is -2.23. The van der Waals surface area contributed by atoms with Crippen molar-refractivity contribution in [2.24, 2.45) is 0 Å². The molecule has 0 bridgehead atoms. The number of ether oxygens (including phenoxy) is 1. The van der Waals surface area contributed by atoms with Crippen LogP contribution in [0.15, 0.2) is 59.5 Å². The molecule has 0 radical (unpaired) electrons. The summed E-state index contributed by atoms with van der Waals surface area (Å²) >= 11 is 6.46. The van der Waals surface area contributed by atoms with Gasteiger partial charge in [-0.3, -0.25) is 4.79 Å². The van der Waals surface area contributed by atoms with E-state index in [0.717, 1.165) is 38.6 Å². The van der Waals surface area contributed by atoms with Crippen LogP contribution in [0.25, 0.3) is 22.4 Å². The summed E-state index contributed by atoms with van der Waals surface area (Å²) in [4.78, 5) is 20.3. The second kappa shape index (κ2) is 12.9. The largest absolute Gasteiger partial charge is 0.492 e. The van der Waals surface area contributed by atoms with Gasteiger partial charge < -0.3 is 15.0 Å². The maximum Gasteiger partial charge on any atom is 0.270 e. The number of pyridine rings is 1. The lowest BCUT2D eigenvalue weighted by atomic mass is 9.95. The minimum absolute atomic E-state index is 0.139. The fourth-order valence-electron chi connectivity index (χ4n) is 4.87. The van der Waals surface area contributed by atoms with Crippen molar-refractivity contribution in [3.63, 3.8) is 0 Å². The van der Waals surface area contributed by atoms with Gasteiger partial charge in [0.1, 0.15) is 11.4 Å². The molecule has 1 aliphatic carbocycles. The Balaban J connectivity index is 1.76. The Labute approximate surface area is 236 Å². The van der Waals surface area contributed by atoms with Crippen LogP contribution >= 0.6 is 11.6 Å². The summed E-state index contributed by atoms with van der Waals surface area (Å²) in [7, 11) is 0.493. The monoisotopic (exact) mass is 569 g/mol. The number of nitrogens with one attached hydrogen (secondary N) is 1. The molecule has 0 saturated heterocycles. The van der Waals surface area contributed by atoms with Crippen molar-refractivity contribution < 1.29 is 17.9 Å². The van der Waals surface area contributed by atoms with Crippen LogP contribution in [0.4, 0.5) is 0 Å². The Kier molecular flexibility index (Phi) is 9.64. The van der Waals surface area contributed by atoms with Gasteiger partial charge in [-0.05, 0) is 63.7 Å². The van der Waals surface area contributed by atoms with Crippen molar-refractivity contribution in [2.75, 3.05) is 33.5 Å². The number of aromatic nitrogens is 1. The third-order valence-corrected chi connectivity index (χ3v) is 8.32. The molecule has 2 aromatic carbocycles. The lowest BCUT2D eigenvalue weighted by Crippen LogP contribution is -2.36. The second-order valence-electron chi connectivity index (χ2n) is 10.3. The quantitative estimate of drug-likeness (QED) is 0.307. The summed E-state index contributed by atoms with van der Waals surface area (Å²) < 4.78 is 31.3. The van der Waals surface area contributed by atoms with E-state index in [1.165, 1.54) is 12.7 Å². The van der Waals surface area contributed by atoms with E-state index in [0.29, 0.717) is 39.8 Å². The van der Waals surface area contributed by atoms with Crippen molar-refractivity contribution in [2.45, 2.75) is 49.5 Å². The number of hydrogen-bond acceptors (Lipinski definition) is 6. The van der Waals surface area contributed by atoms with E-state index < -0.39 is 9.84 Å². The third-order valence-electron chi connectivity index (χ3n) is 6.86. The molecule has 1 aromatic heterocycles. The zero-order chi connectivity index (χ0) is 28.0. The van der Waals surface area contributed by atoms with Crippen LogP contribution in [0, 0.1) is 0 Å². The molecule has 3 aromatic rings. The van der Waals surface area contributed by atoms with E-state index in [9.17, 15) is 13.2 Å². The van der Waals surface area contributed by atoms with E-state index in [2.05, 4.69) is 10.2 Å². The smallest absolute Gasteiger partial charge is 0.270 e. The van der Waals surface area contributed by atoms with Crippen LogP contribution in [0.2, 0.25) is 5.02 Å². The first-order chi connectivity index (χ1) is 18.6. The molecule has 1 amide bonds. The van der Waals surface area contributed by atoms with Gasteiger partial charge in [0.25, 0.3) is 5.91 Å². The molecule has 1 aliphatic rings. The molecule has 0 atom stereocenters. The van der Waals surface area contributed by atoms with Crippen LogP contribution < -0.4 is 10.1 Å². The summed E-state index contributed by atoms with van der Waals surface area (Å²) in [6.07, 6.45) is 7.34. The molecular weight excluding hydrogens is 534 g/mol. The summed E-state index contributed by atoms with van der Waals surface area (Å²) in [6.45, 7) is 1.37. The van der Waals surface area contributed by atoms with Crippen molar-refractivity contribution in [3.05, 3.63) is 65.3 Å². The SMILES string of the molecule is CN(C)CCCOc1cc(-c2nc(C(=O)NC3CCCCC3)ccc2-c2ccccc2S(C)(=O)=O)ccc1Cl. The lowest BCUT2D eigenvalue weighted by molar-refractivity contribution is 0.0922. The second-order valence-corrected chi connectivity index (χ2v) is 12.7. The molecule has 0 spiro atoms. The predicted octanol–water partition coefficient (Wildman–Crippen LogP) is 5.87. The maximum absolute atomic E-state index is 13.2. The molecule has 0 unspecified atom stereocenters. The molecule has 1 saturated carbocycles. The fraction of sp³-hybridized carbons (Fsp3) is 0.400. The highest BCUT2D eigenvalue weighted by Crippen LogP contribution is 2.37. The van der Waals surface area contributed by atoms with Crippen molar-refractivity contribution >= 4 is 27.3 Å². The molecule has 208 valence electrons. The Bertz CT molecular complexity index is 1420. The van der Waals surface area contributed by atoms with Crippen LogP contribution in [-0.4, -0.2) is 63.8 Å². The number of carbonyl (C=O) groups excluding carboxylic acids is 1. The molecule has 1 fully saturated rings. The van der Waals surface area contributed by atoms with E-state index >= 15 is 0 Å². The summed E-state index contributed by atoms with van der Waals surface area (Å²) in [5.74, 6) is 0.273. The number of halogens is 1. The van der Waals surface area contributed by atoms with Gasteiger partial charge in [-0.1, -0.05) is 55.1 Å². The molecule has 4 rings (SSSR count). The average molecular weight is 570 g/mol. The van der Waals surface area contributed by atoms with E-state index in [-0.39, 0.29) is 22.5 Å². The average Bonchev–Trinajstić information content (AvgIpc) is 2.91. The molecule has 1 N–H and O–H groups in total. The number of benzene rings is 2. The number of carbonyl (C=O) groups is 1. The normalized spacial score (nSPS) is 14.4. The molecule has 1 heterocycles. The van der Waals surface area contributed by atoms with Crippen LogP contribution in [0.5, 0.6) is 5.75 Å². The Morgan fingerprint density at radius 3 is 2.51 bits per heavy atom. The van der Waals surface area contributed by atoms with Gasteiger partial charge in [0, 0.05) is 35.5 Å². The van der Waals surface area contributed by atoms with Crippen LogP contribution in [0.1, 0.15) is 49.0 Å². The fourth-order valence-corrected chi connectivity index (χ4v) is 5.94. The first-order valence-electron chi connectivity index (χ1n) is 13.3. The van der Waals surface area contributed by atoms with Gasteiger partial charge in [-0.15, -0.1) is 0 Å². The zero-order valence-electron chi connectivity index (χ0n) is 22.7. The minimum atomic E-state index is -3.52. The first kappa shape index (κ1) is 29.1. The van der Waals surface area contributed by atoms with Crippen LogP contribution in [-0.2, 0) is 9.84 Å². The maximum atomic E-state index is 13.2. The van der Waals surface area contributed by atoms with E-state index in [4.69, 9.17) is 21.3 Å². The van der Waals surface area contributed by atoms with Gasteiger partial charge in [0.05, 0.1) is 22.2 Å². The number of rotatable bonds is 10. The van der Waals surface area contributed by atoms with E-state index in [1.54, 1.807) is 48.5 Å². The predicted molar refractivity (Wildman–Crippen MR) is 156 cm³/mol. The number of sulfone groups is 1. The highest BCUT2D eigenvalue weighted by Gasteiger charge is 2.22. The molecule has 7 nitrogen and oxygen atoms in total. The Hall–Kier alpha value is -2.94.